The summed E-state index contributed by atoms with van der Waals surface area (Å²) >= 11 is 14.5. The van der Waals surface area contributed by atoms with E-state index in [2.05, 4.69) is 42.2 Å². The van der Waals surface area contributed by atoms with Gasteiger partial charge in [-0.15, -0.1) is 11.3 Å². The molecule has 0 saturated carbocycles. The molecule has 2 aromatic carbocycles. The summed E-state index contributed by atoms with van der Waals surface area (Å²) in [4.78, 5) is 16.7. The third-order valence-electron chi connectivity index (χ3n) is 3.80. The zero-order valence-electron chi connectivity index (χ0n) is 14.5. The van der Waals surface area contributed by atoms with Gasteiger partial charge in [-0.3, -0.25) is 10.1 Å². The topological polar surface area (TPSA) is 51.2 Å². The van der Waals surface area contributed by atoms with Gasteiger partial charge in [-0.25, -0.2) is 4.98 Å². The summed E-state index contributed by atoms with van der Waals surface area (Å²) in [5.41, 5.74) is 3.56. The number of rotatable bonds is 5. The van der Waals surface area contributed by atoms with Crippen LogP contribution in [0.3, 0.4) is 0 Å². The lowest BCUT2D eigenvalue weighted by atomic mass is 10.1. The lowest BCUT2D eigenvalue weighted by molar-refractivity contribution is -0.118. The Morgan fingerprint density at radius 3 is 2.81 bits per heavy atom. The summed E-state index contributed by atoms with van der Waals surface area (Å²) in [6.07, 6.45) is 0. The van der Waals surface area contributed by atoms with E-state index in [1.165, 1.54) is 11.3 Å². The predicted octanol–water partition coefficient (Wildman–Crippen LogP) is 6.62. The van der Waals surface area contributed by atoms with Crippen LogP contribution in [0.2, 0.25) is 5.02 Å². The van der Waals surface area contributed by atoms with E-state index in [1.54, 1.807) is 0 Å². The molecule has 1 aromatic heterocycles. The molecule has 1 heterocycles. The van der Waals surface area contributed by atoms with E-state index in [9.17, 15) is 4.79 Å². The minimum Gasteiger partial charge on any atom is -0.483 e. The van der Waals surface area contributed by atoms with Crippen LogP contribution in [0, 0.1) is 13.8 Å². The number of amides is 1. The van der Waals surface area contributed by atoms with Crippen LogP contribution >= 0.6 is 54.8 Å². The highest BCUT2D eigenvalue weighted by atomic mass is 79.9. The minimum absolute atomic E-state index is 0.120. The van der Waals surface area contributed by atoms with Crippen LogP contribution in [0.4, 0.5) is 5.13 Å². The van der Waals surface area contributed by atoms with Crippen molar-refractivity contribution in [3.8, 4) is 17.0 Å². The van der Waals surface area contributed by atoms with Crippen LogP contribution in [0.15, 0.2) is 44.7 Å². The van der Waals surface area contributed by atoms with E-state index in [4.69, 9.17) is 16.3 Å². The lowest BCUT2D eigenvalue weighted by Gasteiger charge is -2.12. The first-order chi connectivity index (χ1) is 12.8. The van der Waals surface area contributed by atoms with Crippen LogP contribution < -0.4 is 10.1 Å². The molecule has 0 saturated heterocycles. The van der Waals surface area contributed by atoms with Crippen molar-refractivity contribution in [2.24, 2.45) is 0 Å². The summed E-state index contributed by atoms with van der Waals surface area (Å²) in [5, 5.41) is 5.88. The summed E-state index contributed by atoms with van der Waals surface area (Å²) < 4.78 is 7.37. The van der Waals surface area contributed by atoms with Crippen LogP contribution in [-0.4, -0.2) is 17.5 Å². The van der Waals surface area contributed by atoms with Crippen molar-refractivity contribution in [3.63, 3.8) is 0 Å². The number of benzene rings is 2. The maximum atomic E-state index is 12.2. The number of halogens is 3. The Labute approximate surface area is 183 Å². The molecule has 1 amide bonds. The number of ether oxygens (including phenoxy) is 1. The molecule has 0 radical (unpaired) electrons. The second-order valence-corrected chi connectivity index (χ2v) is 8.77. The zero-order valence-corrected chi connectivity index (χ0v) is 19.2. The second-order valence-electron chi connectivity index (χ2n) is 5.83. The maximum Gasteiger partial charge on any atom is 0.264 e. The fourth-order valence-electron chi connectivity index (χ4n) is 2.42. The van der Waals surface area contributed by atoms with Crippen LogP contribution in [0.1, 0.15) is 11.1 Å². The highest BCUT2D eigenvalue weighted by Crippen LogP contribution is 2.35. The molecule has 3 aromatic rings. The van der Waals surface area contributed by atoms with Gasteiger partial charge in [0.05, 0.1) is 10.2 Å². The number of nitrogens with zero attached hydrogens (tertiary/aromatic N) is 1. The Morgan fingerprint density at radius 1 is 1.30 bits per heavy atom. The molecule has 0 fully saturated rings. The monoisotopic (exact) mass is 528 g/mol. The molecule has 140 valence electrons. The van der Waals surface area contributed by atoms with Crippen LogP contribution in [0.5, 0.6) is 5.75 Å². The van der Waals surface area contributed by atoms with Crippen molar-refractivity contribution in [3.05, 3.63) is 60.8 Å². The van der Waals surface area contributed by atoms with Crippen molar-refractivity contribution >= 4 is 65.8 Å². The fourth-order valence-corrected chi connectivity index (χ4v) is 4.24. The Bertz CT molecular complexity index is 1010. The molecule has 0 unspecified atom stereocenters. The third-order valence-corrected chi connectivity index (χ3v) is 6.62. The Kier molecular flexibility index (Phi) is 6.57. The molecule has 4 nitrogen and oxygen atoms in total. The molecule has 27 heavy (non-hydrogen) atoms. The number of carbonyl (C=O) groups excluding carboxylic acids is 1. The largest absolute Gasteiger partial charge is 0.483 e. The highest BCUT2D eigenvalue weighted by molar-refractivity contribution is 9.10. The van der Waals surface area contributed by atoms with Gasteiger partial charge in [-0.2, -0.15) is 0 Å². The number of hydrogen-bond acceptors (Lipinski definition) is 4. The molecule has 3 rings (SSSR count). The van der Waals surface area contributed by atoms with Crippen molar-refractivity contribution < 1.29 is 9.53 Å². The van der Waals surface area contributed by atoms with Gasteiger partial charge in [0.2, 0.25) is 0 Å². The Hall–Kier alpha value is -1.41. The number of carbonyl (C=O) groups is 1. The predicted molar refractivity (Wildman–Crippen MR) is 118 cm³/mol. The SMILES string of the molecule is Cc1cc(OCC(=O)Nc2nc(-c3cccc(Br)c3)cs2)c(Br)c(C)c1Cl. The van der Waals surface area contributed by atoms with Gasteiger partial charge in [0.15, 0.2) is 11.7 Å². The lowest BCUT2D eigenvalue weighted by Crippen LogP contribution is -2.20. The number of aryl methyl sites for hydroxylation is 1. The maximum absolute atomic E-state index is 12.2. The van der Waals surface area contributed by atoms with Gasteiger partial charge >= 0.3 is 0 Å². The van der Waals surface area contributed by atoms with Crippen molar-refractivity contribution in [1.29, 1.82) is 0 Å². The minimum atomic E-state index is -0.276. The summed E-state index contributed by atoms with van der Waals surface area (Å²) in [6, 6.07) is 9.65. The number of nitrogens with one attached hydrogen (secondary N) is 1. The number of aromatic nitrogens is 1. The van der Waals surface area contributed by atoms with E-state index in [-0.39, 0.29) is 12.5 Å². The van der Waals surface area contributed by atoms with Gasteiger partial charge in [-0.1, -0.05) is 39.7 Å². The van der Waals surface area contributed by atoms with Gasteiger partial charge in [0.25, 0.3) is 5.91 Å². The van der Waals surface area contributed by atoms with Crippen molar-refractivity contribution in [2.75, 3.05) is 11.9 Å². The molecular formula is C19H15Br2ClN2O2S. The van der Waals surface area contributed by atoms with Gasteiger partial charge in [0, 0.05) is 20.4 Å². The third kappa shape index (κ3) is 4.90. The van der Waals surface area contributed by atoms with Crippen molar-refractivity contribution in [1.82, 2.24) is 4.98 Å². The van der Waals surface area contributed by atoms with Crippen LogP contribution in [-0.2, 0) is 4.79 Å². The van der Waals surface area contributed by atoms with E-state index in [0.717, 1.165) is 31.3 Å². The molecule has 0 aliphatic carbocycles. The van der Waals surface area contributed by atoms with Gasteiger partial charge in [0.1, 0.15) is 5.75 Å². The first-order valence-electron chi connectivity index (χ1n) is 7.94. The van der Waals surface area contributed by atoms with E-state index < -0.39 is 0 Å². The molecule has 1 N–H and O–H groups in total. The Balaban J connectivity index is 1.64. The summed E-state index contributed by atoms with van der Waals surface area (Å²) in [6.45, 7) is 3.67. The van der Waals surface area contributed by atoms with Crippen LogP contribution in [0.25, 0.3) is 11.3 Å². The number of thiazole rings is 1. The Morgan fingerprint density at radius 2 is 2.07 bits per heavy atom. The molecule has 0 atom stereocenters. The highest BCUT2D eigenvalue weighted by Gasteiger charge is 2.13. The molecular weight excluding hydrogens is 516 g/mol. The first kappa shape index (κ1) is 20.3. The average Bonchev–Trinajstić information content (AvgIpc) is 3.10. The van der Waals surface area contributed by atoms with E-state index in [1.807, 2.05) is 49.6 Å². The molecule has 0 aliphatic heterocycles. The zero-order chi connectivity index (χ0) is 19.6. The standard InChI is InChI=1S/C19H15Br2ClN2O2S/c1-10-6-15(17(21)11(2)18(10)22)26-8-16(25)24-19-23-14(9-27-19)12-4-3-5-13(20)7-12/h3-7,9H,8H2,1-2H3,(H,23,24,25). The molecule has 0 spiro atoms. The average molecular weight is 531 g/mol. The summed E-state index contributed by atoms with van der Waals surface area (Å²) in [5.74, 6) is 0.306. The summed E-state index contributed by atoms with van der Waals surface area (Å²) in [7, 11) is 0. The smallest absolute Gasteiger partial charge is 0.264 e. The molecule has 0 bridgehead atoms. The fraction of sp³-hybridized carbons (Fsp3) is 0.158. The second kappa shape index (κ2) is 8.73. The number of anilines is 1. The quantitative estimate of drug-likeness (QED) is 0.403. The van der Waals surface area contributed by atoms with E-state index in [0.29, 0.717) is 15.9 Å². The van der Waals surface area contributed by atoms with Gasteiger partial charge in [-0.05, 0) is 59.1 Å². The molecule has 8 heteroatoms. The number of hydrogen-bond donors (Lipinski definition) is 1. The van der Waals surface area contributed by atoms with Gasteiger partial charge < -0.3 is 4.74 Å². The van der Waals surface area contributed by atoms with Crippen molar-refractivity contribution in [2.45, 2.75) is 13.8 Å². The first-order valence-corrected chi connectivity index (χ1v) is 10.8. The molecule has 0 aliphatic rings. The normalized spacial score (nSPS) is 10.7. The van der Waals surface area contributed by atoms with E-state index >= 15 is 0 Å².